The lowest BCUT2D eigenvalue weighted by atomic mass is 9.73. The first-order valence-electron chi connectivity index (χ1n) is 13.2. The number of aromatic hydroxyl groups is 1. The summed E-state index contributed by atoms with van der Waals surface area (Å²) in [6, 6.07) is 19.5. The van der Waals surface area contributed by atoms with Crippen molar-refractivity contribution in [3.8, 4) is 11.5 Å². The quantitative estimate of drug-likeness (QED) is 0.327. The van der Waals surface area contributed by atoms with E-state index >= 15 is 0 Å². The van der Waals surface area contributed by atoms with E-state index < -0.39 is 6.04 Å². The van der Waals surface area contributed by atoms with Crippen molar-refractivity contribution in [1.29, 1.82) is 0 Å². The summed E-state index contributed by atoms with van der Waals surface area (Å²) < 4.78 is 5.99. The minimum absolute atomic E-state index is 0.00754. The number of halogens is 1. The topological polar surface area (TPSA) is 78.9 Å². The van der Waals surface area contributed by atoms with Gasteiger partial charge in [0, 0.05) is 28.6 Å². The van der Waals surface area contributed by atoms with E-state index in [4.69, 9.17) is 16.3 Å². The van der Waals surface area contributed by atoms with Crippen LogP contribution in [0, 0.1) is 11.3 Å². The molecule has 1 aliphatic carbocycles. The Kier molecular flexibility index (Phi) is 7.17. The Labute approximate surface area is 234 Å². The Bertz CT molecular complexity index is 1460. The van der Waals surface area contributed by atoms with Gasteiger partial charge in [0.1, 0.15) is 23.8 Å². The molecule has 6 nitrogen and oxygen atoms in total. The maximum atomic E-state index is 13.9. The number of benzene rings is 3. The van der Waals surface area contributed by atoms with Crippen LogP contribution in [-0.4, -0.2) is 16.8 Å². The average Bonchev–Trinajstić information content (AvgIpc) is 3.02. The molecule has 1 aliphatic heterocycles. The maximum Gasteiger partial charge on any atom is 0.230 e. The molecule has 0 radical (unpaired) electrons. The van der Waals surface area contributed by atoms with Crippen molar-refractivity contribution in [1.82, 2.24) is 0 Å². The largest absolute Gasteiger partial charge is 0.506 e. The van der Waals surface area contributed by atoms with E-state index in [0.29, 0.717) is 58.4 Å². The molecule has 1 amide bonds. The number of amides is 1. The highest BCUT2D eigenvalue weighted by molar-refractivity contribution is 6.31. The Balaban J connectivity index is 1.66. The van der Waals surface area contributed by atoms with Gasteiger partial charge in [-0.1, -0.05) is 81.8 Å². The van der Waals surface area contributed by atoms with Crippen LogP contribution in [0.2, 0.25) is 5.02 Å². The lowest BCUT2D eigenvalue weighted by Crippen LogP contribution is -2.41. The molecule has 7 heteroatoms. The molecule has 2 N–H and O–H groups in total. The van der Waals surface area contributed by atoms with Crippen molar-refractivity contribution in [3.63, 3.8) is 0 Å². The fraction of sp³-hybridized carbons (Fsp3) is 0.312. The van der Waals surface area contributed by atoms with Crippen LogP contribution in [0.1, 0.15) is 57.7 Å². The molecule has 39 heavy (non-hydrogen) atoms. The summed E-state index contributed by atoms with van der Waals surface area (Å²) in [4.78, 5) is 29.3. The highest BCUT2D eigenvalue weighted by Crippen LogP contribution is 2.51. The van der Waals surface area contributed by atoms with Gasteiger partial charge in [-0.3, -0.25) is 14.5 Å². The molecule has 0 fully saturated rings. The normalized spacial score (nSPS) is 18.3. The number of carbonyl (C=O) groups excluding carboxylic acids is 2. The van der Waals surface area contributed by atoms with Gasteiger partial charge in [0.05, 0.1) is 11.7 Å². The second-order valence-corrected chi connectivity index (χ2v) is 11.8. The summed E-state index contributed by atoms with van der Waals surface area (Å²) in [5, 5.41) is 14.6. The van der Waals surface area contributed by atoms with Gasteiger partial charge in [-0.15, -0.1) is 0 Å². The van der Waals surface area contributed by atoms with Crippen LogP contribution in [0.25, 0.3) is 0 Å². The number of nitrogens with one attached hydrogen (secondary N) is 1. The third kappa shape index (κ3) is 5.26. The van der Waals surface area contributed by atoms with E-state index in [1.54, 1.807) is 29.2 Å². The van der Waals surface area contributed by atoms with Crippen LogP contribution in [0.3, 0.4) is 0 Å². The zero-order valence-corrected chi connectivity index (χ0v) is 23.4. The number of para-hydroxylation sites is 1. The molecular weight excluding hydrogens is 512 g/mol. The highest BCUT2D eigenvalue weighted by atomic mass is 35.5. The Morgan fingerprint density at radius 3 is 2.54 bits per heavy atom. The number of phenolic OH excluding ortho intramolecular Hbond substituents is 1. The van der Waals surface area contributed by atoms with Gasteiger partial charge in [0.2, 0.25) is 5.91 Å². The summed E-state index contributed by atoms with van der Waals surface area (Å²) in [5.74, 6) is -0.00149. The van der Waals surface area contributed by atoms with Gasteiger partial charge in [-0.05, 0) is 47.2 Å². The molecule has 0 unspecified atom stereocenters. The number of carbonyl (C=O) groups is 2. The lowest BCUT2D eigenvalue weighted by Gasteiger charge is -2.38. The van der Waals surface area contributed by atoms with Crippen molar-refractivity contribution in [3.05, 3.63) is 94.1 Å². The number of nitrogens with zero attached hydrogens (tertiary/aromatic N) is 1. The van der Waals surface area contributed by atoms with Crippen LogP contribution in [0.15, 0.2) is 78.0 Å². The first-order chi connectivity index (χ1) is 18.6. The third-order valence-corrected chi connectivity index (χ3v) is 7.58. The second-order valence-electron chi connectivity index (χ2n) is 11.4. The van der Waals surface area contributed by atoms with Crippen molar-refractivity contribution < 1.29 is 19.4 Å². The van der Waals surface area contributed by atoms with E-state index in [-0.39, 0.29) is 28.8 Å². The van der Waals surface area contributed by atoms with Gasteiger partial charge < -0.3 is 15.2 Å². The van der Waals surface area contributed by atoms with Gasteiger partial charge >= 0.3 is 0 Å². The fourth-order valence-electron chi connectivity index (χ4n) is 5.42. The summed E-state index contributed by atoms with van der Waals surface area (Å²) in [5.41, 5.74) is 3.47. The van der Waals surface area contributed by atoms with E-state index in [0.717, 1.165) is 5.56 Å². The van der Waals surface area contributed by atoms with Crippen molar-refractivity contribution in [2.75, 3.05) is 10.2 Å². The van der Waals surface area contributed by atoms with Gasteiger partial charge in [0.25, 0.3) is 0 Å². The molecule has 3 aromatic rings. The van der Waals surface area contributed by atoms with Gasteiger partial charge in [-0.25, -0.2) is 0 Å². The number of Topliss-reactive ketones (excluding diaryl/α,β-unsaturated/α-hetero) is 1. The number of hydrogen-bond acceptors (Lipinski definition) is 5. The number of anilines is 2. The zero-order valence-electron chi connectivity index (χ0n) is 22.6. The highest BCUT2D eigenvalue weighted by Gasteiger charge is 2.44. The number of phenols is 1. The molecule has 1 heterocycles. The van der Waals surface area contributed by atoms with E-state index in [2.05, 4.69) is 5.32 Å². The molecule has 0 aromatic heterocycles. The number of hydrogen-bond donors (Lipinski definition) is 2. The van der Waals surface area contributed by atoms with Gasteiger partial charge in [-0.2, -0.15) is 0 Å². The van der Waals surface area contributed by atoms with Crippen LogP contribution >= 0.6 is 11.6 Å². The summed E-state index contributed by atoms with van der Waals surface area (Å²) in [7, 11) is 0. The monoisotopic (exact) mass is 544 g/mol. The summed E-state index contributed by atoms with van der Waals surface area (Å²) >= 11 is 6.92. The second kappa shape index (κ2) is 10.4. The maximum absolute atomic E-state index is 13.9. The molecule has 0 saturated carbocycles. The van der Waals surface area contributed by atoms with Crippen LogP contribution in [0.5, 0.6) is 11.5 Å². The molecule has 0 saturated heterocycles. The Hall–Kier alpha value is -3.77. The zero-order chi connectivity index (χ0) is 27.9. The van der Waals surface area contributed by atoms with Crippen LogP contribution < -0.4 is 15.0 Å². The molecular formula is C32H33ClN2O4. The summed E-state index contributed by atoms with van der Waals surface area (Å²) in [6.45, 7) is 8.12. The summed E-state index contributed by atoms with van der Waals surface area (Å²) in [6.07, 6.45) is 0.921. The number of ether oxygens (including phenoxy) is 1. The van der Waals surface area contributed by atoms with Crippen molar-refractivity contribution >= 4 is 34.7 Å². The van der Waals surface area contributed by atoms with E-state index in [1.165, 1.54) is 0 Å². The van der Waals surface area contributed by atoms with Crippen LogP contribution in [-0.2, 0) is 16.2 Å². The standard InChI is InChI=1S/C32H33ClN2O4/c1-19(2)31(38)35-25-11-8-12-26(36)29(25)34-24-16-32(3,4)17-27(37)28(24)30(35)22-14-13-21(15-23(22)33)39-18-20-9-6-5-7-10-20/h5-15,19,30,34,36H,16-18H2,1-4H3/t30-/m1/s1. The predicted octanol–water partition coefficient (Wildman–Crippen LogP) is 7.42. The minimum Gasteiger partial charge on any atom is -0.506 e. The van der Waals surface area contributed by atoms with Gasteiger partial charge in [0.15, 0.2) is 5.78 Å². The van der Waals surface area contributed by atoms with E-state index in [1.807, 2.05) is 70.2 Å². The fourth-order valence-corrected chi connectivity index (χ4v) is 5.69. The molecule has 1 atom stereocenters. The van der Waals surface area contributed by atoms with E-state index in [9.17, 15) is 14.7 Å². The van der Waals surface area contributed by atoms with Crippen LogP contribution in [0.4, 0.5) is 11.4 Å². The molecule has 3 aromatic carbocycles. The number of fused-ring (bicyclic) bond motifs is 1. The lowest BCUT2D eigenvalue weighted by molar-refractivity contribution is -0.122. The molecule has 202 valence electrons. The van der Waals surface area contributed by atoms with Crippen molar-refractivity contribution in [2.24, 2.45) is 11.3 Å². The predicted molar refractivity (Wildman–Crippen MR) is 154 cm³/mol. The Morgan fingerprint density at radius 2 is 1.85 bits per heavy atom. The number of ketones is 1. The molecule has 5 rings (SSSR count). The first kappa shape index (κ1) is 26.8. The molecule has 0 bridgehead atoms. The average molecular weight is 545 g/mol. The number of rotatable bonds is 5. The van der Waals surface area contributed by atoms with Crippen molar-refractivity contribution in [2.45, 2.75) is 53.2 Å². The molecule has 0 spiro atoms. The SMILES string of the molecule is CC(C)C(=O)N1c2cccc(O)c2NC2=C(C(=O)CC(C)(C)C2)[C@H]1c1ccc(OCc2ccccc2)cc1Cl. The molecule has 2 aliphatic rings. The Morgan fingerprint density at radius 1 is 1.10 bits per heavy atom. The minimum atomic E-state index is -0.773. The number of allylic oxidation sites excluding steroid dienone is 1. The third-order valence-electron chi connectivity index (χ3n) is 7.25. The smallest absolute Gasteiger partial charge is 0.230 e. The first-order valence-corrected chi connectivity index (χ1v) is 13.6.